The molecule has 0 saturated heterocycles. The zero-order chi connectivity index (χ0) is 59.9. The molecule has 0 bridgehead atoms. The molecule has 0 heterocycles. The Morgan fingerprint density at radius 1 is 0.253 bits per heavy atom. The van der Waals surface area contributed by atoms with Gasteiger partial charge in [0, 0.05) is 19.3 Å². The Labute approximate surface area is 511 Å². The number of esters is 3. The Bertz CT molecular complexity index is 1840. The lowest BCUT2D eigenvalue weighted by Crippen LogP contribution is -2.30. The van der Waals surface area contributed by atoms with E-state index in [9.17, 15) is 14.4 Å². The van der Waals surface area contributed by atoms with Gasteiger partial charge < -0.3 is 14.2 Å². The highest BCUT2D eigenvalue weighted by atomic mass is 16.6. The third-order valence-electron chi connectivity index (χ3n) is 14.0. The number of carbonyl (C=O) groups excluding carboxylic acids is 3. The average Bonchev–Trinajstić information content (AvgIpc) is 3.49. The molecule has 1 atom stereocenters. The van der Waals surface area contributed by atoms with E-state index in [1.807, 2.05) is 0 Å². The van der Waals surface area contributed by atoms with Gasteiger partial charge in [0.2, 0.25) is 0 Å². The van der Waals surface area contributed by atoms with Crippen molar-refractivity contribution in [2.75, 3.05) is 13.2 Å². The van der Waals surface area contributed by atoms with Gasteiger partial charge in [0.05, 0.1) is 0 Å². The summed E-state index contributed by atoms with van der Waals surface area (Å²) in [6.07, 6.45) is 101. The van der Waals surface area contributed by atoms with Gasteiger partial charge >= 0.3 is 17.9 Å². The van der Waals surface area contributed by atoms with E-state index < -0.39 is 6.10 Å². The second-order valence-corrected chi connectivity index (χ2v) is 22.0. The summed E-state index contributed by atoms with van der Waals surface area (Å²) in [5.74, 6) is -0.940. The summed E-state index contributed by atoms with van der Waals surface area (Å²) in [5.41, 5.74) is 0. The van der Waals surface area contributed by atoms with Crippen molar-refractivity contribution in [1.29, 1.82) is 0 Å². The summed E-state index contributed by atoms with van der Waals surface area (Å²) >= 11 is 0. The van der Waals surface area contributed by atoms with Crippen LogP contribution in [0.5, 0.6) is 0 Å². The molecule has 0 N–H and O–H groups in total. The van der Waals surface area contributed by atoms with Gasteiger partial charge in [-0.05, 0) is 148 Å². The van der Waals surface area contributed by atoms with E-state index in [1.165, 1.54) is 103 Å². The van der Waals surface area contributed by atoms with Crippen LogP contribution >= 0.6 is 0 Å². The number of hydrogen-bond acceptors (Lipinski definition) is 6. The molecule has 0 fully saturated rings. The molecule has 0 aliphatic heterocycles. The zero-order valence-electron chi connectivity index (χ0n) is 53.7. The van der Waals surface area contributed by atoms with Crippen molar-refractivity contribution in [1.82, 2.24) is 0 Å². The van der Waals surface area contributed by atoms with Crippen LogP contribution in [0.1, 0.15) is 290 Å². The molecule has 0 rings (SSSR count). The summed E-state index contributed by atoms with van der Waals surface area (Å²) in [6, 6.07) is 0. The van der Waals surface area contributed by atoms with Crippen molar-refractivity contribution in [3.63, 3.8) is 0 Å². The van der Waals surface area contributed by atoms with Crippen molar-refractivity contribution in [2.45, 2.75) is 297 Å². The fourth-order valence-corrected chi connectivity index (χ4v) is 8.97. The molecule has 0 aromatic rings. The van der Waals surface area contributed by atoms with Crippen molar-refractivity contribution in [2.24, 2.45) is 0 Å². The first-order valence-corrected chi connectivity index (χ1v) is 34.0. The lowest BCUT2D eigenvalue weighted by Gasteiger charge is -2.18. The summed E-state index contributed by atoms with van der Waals surface area (Å²) < 4.78 is 16.9. The molecule has 6 heteroatoms. The van der Waals surface area contributed by atoms with Gasteiger partial charge in [-0.2, -0.15) is 0 Å². The van der Waals surface area contributed by atoms with Crippen LogP contribution in [0.25, 0.3) is 0 Å². The summed E-state index contributed by atoms with van der Waals surface area (Å²) in [5, 5.41) is 0. The normalized spacial score (nSPS) is 13.1. The maximum atomic E-state index is 12.9. The Balaban J connectivity index is 4.33. The van der Waals surface area contributed by atoms with Crippen LogP contribution in [-0.2, 0) is 28.6 Å². The van der Waals surface area contributed by atoms with Crippen LogP contribution < -0.4 is 0 Å². The van der Waals surface area contributed by atoms with Crippen LogP contribution in [0.2, 0.25) is 0 Å². The van der Waals surface area contributed by atoms with Gasteiger partial charge in [0.25, 0.3) is 0 Å². The Morgan fingerprint density at radius 2 is 0.470 bits per heavy atom. The molecule has 83 heavy (non-hydrogen) atoms. The van der Waals surface area contributed by atoms with Gasteiger partial charge in [0.15, 0.2) is 6.10 Å². The standard InChI is InChI=1S/C77H124O6/c1-4-7-10-13-16-19-22-25-27-29-31-32-33-34-35-36-37-38-39-40-41-42-43-44-46-47-49-52-55-58-61-64-67-70-76(79)82-73-74(72-81-75(78)69-66-63-60-57-54-51-24-21-18-15-12-9-6-3)83-77(80)71-68-65-62-59-56-53-50-48-45-30-28-26-23-20-17-14-11-8-5-2/h7,9-10,12,16-21,25-28,31-32,34-35,37-38,40-41,43-44,51,54,74H,4-6,8,11,13-15,22-24,29-30,33,36,39,42,45-50,52-53,55-73H2,1-3H3/b10-7-,12-9-,19-16-,20-17-,21-18-,27-25-,28-26-,32-31-,35-34-,38-37-,41-40-,44-43-,54-51-. The van der Waals surface area contributed by atoms with Crippen LogP contribution in [0.3, 0.4) is 0 Å². The minimum atomic E-state index is -0.804. The third kappa shape index (κ3) is 67.7. The highest BCUT2D eigenvalue weighted by Crippen LogP contribution is 2.15. The van der Waals surface area contributed by atoms with Crippen molar-refractivity contribution >= 4 is 17.9 Å². The highest BCUT2D eigenvalue weighted by molar-refractivity contribution is 5.71. The number of rotatable bonds is 60. The second-order valence-electron chi connectivity index (χ2n) is 22.0. The Morgan fingerprint density at radius 3 is 0.747 bits per heavy atom. The van der Waals surface area contributed by atoms with E-state index >= 15 is 0 Å². The van der Waals surface area contributed by atoms with Gasteiger partial charge in [-0.25, -0.2) is 0 Å². The van der Waals surface area contributed by atoms with Gasteiger partial charge in [-0.3, -0.25) is 14.4 Å². The number of allylic oxidation sites excluding steroid dienone is 26. The van der Waals surface area contributed by atoms with Crippen molar-refractivity contribution < 1.29 is 28.6 Å². The van der Waals surface area contributed by atoms with E-state index in [2.05, 4.69) is 179 Å². The summed E-state index contributed by atoms with van der Waals surface area (Å²) in [7, 11) is 0. The molecule has 0 aromatic heterocycles. The molecule has 0 spiro atoms. The minimum absolute atomic E-state index is 0.0986. The maximum Gasteiger partial charge on any atom is 0.306 e. The van der Waals surface area contributed by atoms with Gasteiger partial charge in [-0.1, -0.05) is 281 Å². The van der Waals surface area contributed by atoms with Gasteiger partial charge in [-0.15, -0.1) is 0 Å². The minimum Gasteiger partial charge on any atom is -0.462 e. The smallest absolute Gasteiger partial charge is 0.306 e. The maximum absolute atomic E-state index is 12.9. The van der Waals surface area contributed by atoms with E-state index in [1.54, 1.807) is 0 Å². The van der Waals surface area contributed by atoms with E-state index in [0.717, 1.165) is 148 Å². The lowest BCUT2D eigenvalue weighted by molar-refractivity contribution is -0.167. The molecule has 0 radical (unpaired) electrons. The molecular formula is C77H124O6. The third-order valence-corrected chi connectivity index (χ3v) is 14.0. The molecule has 0 amide bonds. The lowest BCUT2D eigenvalue weighted by atomic mass is 10.1. The van der Waals surface area contributed by atoms with E-state index in [-0.39, 0.29) is 31.1 Å². The van der Waals surface area contributed by atoms with E-state index in [0.29, 0.717) is 19.3 Å². The average molecular weight is 1150 g/mol. The van der Waals surface area contributed by atoms with E-state index in [4.69, 9.17) is 14.2 Å². The van der Waals surface area contributed by atoms with Gasteiger partial charge in [0.1, 0.15) is 13.2 Å². The van der Waals surface area contributed by atoms with Crippen LogP contribution in [0, 0.1) is 0 Å². The number of carbonyl (C=O) groups is 3. The molecule has 468 valence electrons. The fraction of sp³-hybridized carbons (Fsp3) is 0.623. The first-order valence-electron chi connectivity index (χ1n) is 34.0. The van der Waals surface area contributed by atoms with Crippen LogP contribution in [-0.4, -0.2) is 37.2 Å². The predicted octanol–water partition coefficient (Wildman–Crippen LogP) is 23.7. The van der Waals surface area contributed by atoms with Crippen LogP contribution in [0.4, 0.5) is 0 Å². The molecule has 0 aromatic carbocycles. The Kier molecular flexibility index (Phi) is 65.4. The molecular weight excluding hydrogens is 1020 g/mol. The Hall–Kier alpha value is -4.97. The molecule has 0 aliphatic rings. The number of hydrogen-bond donors (Lipinski definition) is 0. The zero-order valence-corrected chi connectivity index (χ0v) is 53.7. The molecule has 0 saturated carbocycles. The number of ether oxygens (including phenoxy) is 3. The monoisotopic (exact) mass is 1140 g/mol. The second kappa shape index (κ2) is 69.5. The molecule has 1 unspecified atom stereocenters. The first kappa shape index (κ1) is 78.0. The van der Waals surface area contributed by atoms with Crippen LogP contribution in [0.15, 0.2) is 158 Å². The quantitative estimate of drug-likeness (QED) is 0.0261. The van der Waals surface area contributed by atoms with Crippen molar-refractivity contribution in [3.05, 3.63) is 158 Å². The highest BCUT2D eigenvalue weighted by Gasteiger charge is 2.19. The topological polar surface area (TPSA) is 78.9 Å². The first-order chi connectivity index (χ1) is 41.0. The molecule has 6 nitrogen and oxygen atoms in total. The summed E-state index contributed by atoms with van der Waals surface area (Å²) in [4.78, 5) is 38.4. The summed E-state index contributed by atoms with van der Waals surface area (Å²) in [6.45, 7) is 6.36. The van der Waals surface area contributed by atoms with Crippen molar-refractivity contribution in [3.8, 4) is 0 Å². The fourth-order valence-electron chi connectivity index (χ4n) is 8.97. The number of unbranched alkanes of at least 4 members (excludes halogenated alkanes) is 23. The SMILES string of the molecule is CC/C=C\C/C=C\C/C=C\C/C=C\C/C=C\C/C=C\C/C=C\C/C=C\CCCCCCCCCCC(=O)OCC(COC(=O)CCCCC/C=C\C/C=C\C/C=C\CC)OC(=O)CCCCCCCCCCC/C=C\C/C=C\CCCCC. The predicted molar refractivity (Wildman–Crippen MR) is 362 cm³/mol. The largest absolute Gasteiger partial charge is 0.462 e. The molecule has 0 aliphatic carbocycles.